The molecule has 0 fully saturated rings. The largest absolute Gasteiger partial charge is 0.356 e. The van der Waals surface area contributed by atoms with Crippen LogP contribution in [0, 0.1) is 5.92 Å². The van der Waals surface area contributed by atoms with Crippen LogP contribution in [0.15, 0.2) is 254 Å². The third-order valence-corrected chi connectivity index (χ3v) is 13.8. The van der Waals surface area contributed by atoms with Gasteiger partial charge in [0.15, 0.2) is 0 Å². The van der Waals surface area contributed by atoms with E-state index in [0.717, 1.165) is 34.9 Å². The Morgan fingerprint density at radius 1 is 0.394 bits per heavy atom. The molecule has 0 heterocycles. The molecule has 0 saturated heterocycles. The van der Waals surface area contributed by atoms with Crippen molar-refractivity contribution in [3.05, 3.63) is 254 Å². The van der Waals surface area contributed by atoms with Crippen LogP contribution in [0.1, 0.15) is 6.42 Å². The van der Waals surface area contributed by atoms with E-state index in [4.69, 9.17) is 0 Å². The van der Waals surface area contributed by atoms with Crippen LogP contribution in [0.5, 0.6) is 0 Å². The number of nitrogens with one attached hydrogen (secondary N) is 1. The minimum atomic E-state index is 0.438. The maximum absolute atomic E-state index is 3.86. The van der Waals surface area contributed by atoms with Crippen LogP contribution in [0.25, 0.3) is 86.9 Å². The standard InChI is InChI=1S/C64H44N2/c1-4-18-47-37-50(30-27-42(47)13-1)65-51-31-35-59-61(40-51)63(57-25-11-21-45-16-7-9-23-55(45)57)60-36-34-54(41-62(60)64(59)58-26-12-22-46-17-8-10-24-56(46)58)66(52-32-28-43-14-2-5-19-48(43)38-52)53-33-29-44-15-3-6-20-49(44)39-53/h1-26,28-42,65H,27H2. The zero-order valence-electron chi connectivity index (χ0n) is 36.3. The summed E-state index contributed by atoms with van der Waals surface area (Å²) in [7, 11) is 0. The van der Waals surface area contributed by atoms with Gasteiger partial charge in [0.1, 0.15) is 0 Å². The Balaban J connectivity index is 1.12. The Kier molecular flexibility index (Phi) is 9.02. The van der Waals surface area contributed by atoms with Gasteiger partial charge >= 0.3 is 0 Å². The van der Waals surface area contributed by atoms with Crippen LogP contribution in [0.4, 0.5) is 22.7 Å². The predicted molar refractivity (Wildman–Crippen MR) is 283 cm³/mol. The SMILES string of the molecule is C1=CC2=CC(Nc3ccc4c(-c5cccc6ccccc56)c5cc(N(c6ccc7ccccc7c6)c6ccc7ccccc7c6)ccc5c(-c5cccc6ccccc56)c4c3)=CCC2C=C1. The molecule has 0 radical (unpaired) electrons. The highest BCUT2D eigenvalue weighted by Crippen LogP contribution is 2.49. The monoisotopic (exact) mass is 840 g/mol. The molecule has 0 bridgehead atoms. The molecule has 66 heavy (non-hydrogen) atoms. The number of allylic oxidation sites excluding steroid dienone is 7. The molecule has 2 heteroatoms. The summed E-state index contributed by atoms with van der Waals surface area (Å²) in [4.78, 5) is 2.44. The Morgan fingerprint density at radius 3 is 1.55 bits per heavy atom. The minimum Gasteiger partial charge on any atom is -0.356 e. The fraction of sp³-hybridized carbons (Fsp3) is 0.0312. The van der Waals surface area contributed by atoms with Crippen LogP contribution in [0.2, 0.25) is 0 Å². The second-order valence-electron chi connectivity index (χ2n) is 17.7. The molecule has 11 aromatic carbocycles. The first-order valence-corrected chi connectivity index (χ1v) is 23.0. The molecule has 0 spiro atoms. The zero-order chi connectivity index (χ0) is 43.6. The summed E-state index contributed by atoms with van der Waals surface area (Å²) >= 11 is 0. The highest BCUT2D eigenvalue weighted by atomic mass is 15.1. The average Bonchev–Trinajstić information content (AvgIpc) is 3.38. The lowest BCUT2D eigenvalue weighted by Gasteiger charge is -2.28. The quantitative estimate of drug-likeness (QED) is 0.161. The van der Waals surface area contributed by atoms with Crippen molar-refractivity contribution in [1.29, 1.82) is 0 Å². The van der Waals surface area contributed by atoms with Crippen LogP contribution in [-0.2, 0) is 0 Å². The van der Waals surface area contributed by atoms with E-state index < -0.39 is 0 Å². The zero-order valence-corrected chi connectivity index (χ0v) is 36.3. The van der Waals surface area contributed by atoms with Gasteiger partial charge in [-0.3, -0.25) is 0 Å². The van der Waals surface area contributed by atoms with Gasteiger partial charge in [0, 0.05) is 34.4 Å². The average molecular weight is 841 g/mol. The van der Waals surface area contributed by atoms with Gasteiger partial charge in [0.25, 0.3) is 0 Å². The second-order valence-corrected chi connectivity index (χ2v) is 17.7. The highest BCUT2D eigenvalue weighted by molar-refractivity contribution is 6.26. The molecule has 2 nitrogen and oxygen atoms in total. The summed E-state index contributed by atoms with van der Waals surface area (Å²) in [6, 6.07) is 76.4. The van der Waals surface area contributed by atoms with Gasteiger partial charge < -0.3 is 10.2 Å². The minimum absolute atomic E-state index is 0.438. The maximum atomic E-state index is 3.86. The molecule has 2 aliphatic carbocycles. The van der Waals surface area contributed by atoms with E-state index in [0.29, 0.717) is 5.92 Å². The van der Waals surface area contributed by atoms with Gasteiger partial charge in [-0.25, -0.2) is 0 Å². The molecular formula is C64H44N2. The van der Waals surface area contributed by atoms with Crippen LogP contribution in [0.3, 0.4) is 0 Å². The number of hydrogen-bond donors (Lipinski definition) is 1. The van der Waals surface area contributed by atoms with Gasteiger partial charge in [-0.15, -0.1) is 0 Å². The highest BCUT2D eigenvalue weighted by Gasteiger charge is 2.23. The van der Waals surface area contributed by atoms with E-state index in [1.807, 2.05) is 0 Å². The number of rotatable bonds is 7. The van der Waals surface area contributed by atoms with Crippen LogP contribution >= 0.6 is 0 Å². The van der Waals surface area contributed by atoms with E-state index in [1.165, 1.54) is 92.5 Å². The molecule has 1 atom stereocenters. The summed E-state index contributed by atoms with van der Waals surface area (Å²) in [5.74, 6) is 0.438. The molecule has 11 aromatic rings. The molecule has 1 N–H and O–H groups in total. The normalized spacial score (nSPS) is 14.5. The lowest BCUT2D eigenvalue weighted by molar-refractivity contribution is 0.773. The van der Waals surface area contributed by atoms with Gasteiger partial charge in [-0.05, 0) is 153 Å². The number of benzene rings is 11. The summed E-state index contributed by atoms with van der Waals surface area (Å²) < 4.78 is 0. The van der Waals surface area contributed by atoms with Crippen molar-refractivity contribution in [2.24, 2.45) is 5.92 Å². The lowest BCUT2D eigenvalue weighted by Crippen LogP contribution is -2.10. The molecule has 0 aromatic heterocycles. The van der Waals surface area contributed by atoms with Crippen molar-refractivity contribution >= 4 is 87.4 Å². The van der Waals surface area contributed by atoms with Gasteiger partial charge in [-0.1, -0.05) is 188 Å². The molecule has 2 aliphatic rings. The fourth-order valence-corrected chi connectivity index (χ4v) is 10.7. The number of hydrogen-bond acceptors (Lipinski definition) is 2. The Hall–Kier alpha value is -8.46. The Morgan fingerprint density at radius 2 is 0.909 bits per heavy atom. The fourth-order valence-electron chi connectivity index (χ4n) is 10.7. The topological polar surface area (TPSA) is 15.3 Å². The van der Waals surface area contributed by atoms with Crippen LogP contribution in [-0.4, -0.2) is 0 Å². The smallest absolute Gasteiger partial charge is 0.0468 e. The van der Waals surface area contributed by atoms with Crippen molar-refractivity contribution in [2.75, 3.05) is 10.2 Å². The van der Waals surface area contributed by atoms with Crippen molar-refractivity contribution in [2.45, 2.75) is 6.42 Å². The summed E-state index contributed by atoms with van der Waals surface area (Å²) in [6.07, 6.45) is 14.5. The predicted octanol–water partition coefficient (Wildman–Crippen LogP) is 17.8. The van der Waals surface area contributed by atoms with Crippen LogP contribution < -0.4 is 10.2 Å². The van der Waals surface area contributed by atoms with E-state index in [-0.39, 0.29) is 0 Å². The molecule has 310 valence electrons. The van der Waals surface area contributed by atoms with E-state index >= 15 is 0 Å². The molecule has 1 unspecified atom stereocenters. The Labute approximate surface area is 384 Å². The van der Waals surface area contributed by atoms with E-state index in [9.17, 15) is 0 Å². The number of fused-ring (bicyclic) bond motifs is 7. The molecular weight excluding hydrogens is 797 g/mol. The summed E-state index contributed by atoms with van der Waals surface area (Å²) in [5, 5.41) is 18.5. The van der Waals surface area contributed by atoms with Crippen molar-refractivity contribution in [1.82, 2.24) is 0 Å². The third kappa shape index (κ3) is 6.49. The first-order valence-electron chi connectivity index (χ1n) is 23.0. The van der Waals surface area contributed by atoms with Crippen molar-refractivity contribution < 1.29 is 0 Å². The molecule has 0 amide bonds. The van der Waals surface area contributed by atoms with Gasteiger partial charge in [-0.2, -0.15) is 0 Å². The second kappa shape index (κ2) is 15.7. The lowest BCUT2D eigenvalue weighted by atomic mass is 9.83. The molecule has 0 aliphatic heterocycles. The first-order chi connectivity index (χ1) is 32.7. The summed E-state index contributed by atoms with van der Waals surface area (Å²) in [6.45, 7) is 0. The molecule has 0 saturated carbocycles. The van der Waals surface area contributed by atoms with E-state index in [1.54, 1.807) is 0 Å². The number of nitrogens with zero attached hydrogens (tertiary/aromatic N) is 1. The number of anilines is 4. The first kappa shape index (κ1) is 38.0. The van der Waals surface area contributed by atoms with E-state index in [2.05, 4.69) is 253 Å². The van der Waals surface area contributed by atoms with Gasteiger partial charge in [0.2, 0.25) is 0 Å². The maximum Gasteiger partial charge on any atom is 0.0468 e. The molecule has 13 rings (SSSR count). The van der Waals surface area contributed by atoms with Crippen molar-refractivity contribution in [3.8, 4) is 22.3 Å². The summed E-state index contributed by atoms with van der Waals surface area (Å²) in [5.41, 5.74) is 11.8. The third-order valence-electron chi connectivity index (χ3n) is 13.8. The van der Waals surface area contributed by atoms with Crippen molar-refractivity contribution in [3.63, 3.8) is 0 Å². The van der Waals surface area contributed by atoms with Gasteiger partial charge in [0.05, 0.1) is 0 Å². The Bertz CT molecular complexity index is 3810.